The maximum absolute atomic E-state index is 12.4. The summed E-state index contributed by atoms with van der Waals surface area (Å²) in [6.45, 7) is 1.94. The number of benzene rings is 1. The van der Waals surface area contributed by atoms with Crippen molar-refractivity contribution >= 4 is 17.5 Å². The van der Waals surface area contributed by atoms with Gasteiger partial charge in [0.2, 0.25) is 5.91 Å². The molecule has 1 aliphatic heterocycles. The third-order valence-corrected chi connectivity index (χ3v) is 3.82. The highest BCUT2D eigenvalue weighted by molar-refractivity contribution is 5.98. The number of carbonyl (C=O) groups excluding carboxylic acids is 2. The molecule has 22 heavy (non-hydrogen) atoms. The molecule has 1 aromatic heterocycles. The molecule has 2 heterocycles. The summed E-state index contributed by atoms with van der Waals surface area (Å²) in [5.74, 6) is -0.0972. The molecule has 3 rings (SSSR count). The van der Waals surface area contributed by atoms with Crippen LogP contribution in [0.4, 0.5) is 5.69 Å². The maximum Gasteiger partial charge on any atom is 0.251 e. The number of amides is 2. The van der Waals surface area contributed by atoms with Crippen molar-refractivity contribution in [2.75, 3.05) is 5.32 Å². The fourth-order valence-electron chi connectivity index (χ4n) is 2.54. The molecule has 1 atom stereocenters. The highest BCUT2D eigenvalue weighted by atomic mass is 16.2. The predicted octanol–water partition coefficient (Wildman–Crippen LogP) is 2.46. The van der Waals surface area contributed by atoms with Gasteiger partial charge in [-0.2, -0.15) is 0 Å². The highest BCUT2D eigenvalue weighted by Gasteiger charge is 2.17. The molecule has 2 aromatic rings. The van der Waals surface area contributed by atoms with Crippen molar-refractivity contribution in [1.29, 1.82) is 0 Å². The smallest absolute Gasteiger partial charge is 0.251 e. The molecular weight excluding hydrogens is 278 g/mol. The summed E-state index contributed by atoms with van der Waals surface area (Å²) in [4.78, 5) is 27.7. The lowest BCUT2D eigenvalue weighted by atomic mass is 10.00. The zero-order chi connectivity index (χ0) is 15.5. The van der Waals surface area contributed by atoms with Crippen LogP contribution in [0.1, 0.15) is 40.9 Å². The summed E-state index contributed by atoms with van der Waals surface area (Å²) in [5, 5.41) is 5.79. The van der Waals surface area contributed by atoms with Gasteiger partial charge in [0.15, 0.2) is 0 Å². The first-order chi connectivity index (χ1) is 10.6. The number of anilines is 1. The van der Waals surface area contributed by atoms with Gasteiger partial charge in [-0.05, 0) is 54.8 Å². The minimum Gasteiger partial charge on any atom is -0.346 e. The lowest BCUT2D eigenvalue weighted by molar-refractivity contribution is -0.116. The van der Waals surface area contributed by atoms with Crippen LogP contribution in [-0.2, 0) is 11.2 Å². The van der Waals surface area contributed by atoms with Crippen molar-refractivity contribution in [3.8, 4) is 0 Å². The van der Waals surface area contributed by atoms with Crippen LogP contribution in [0.3, 0.4) is 0 Å². The second-order valence-electron chi connectivity index (χ2n) is 5.40. The molecular formula is C17H17N3O2. The largest absolute Gasteiger partial charge is 0.346 e. The molecule has 2 amide bonds. The zero-order valence-corrected chi connectivity index (χ0v) is 12.3. The van der Waals surface area contributed by atoms with Gasteiger partial charge in [0.25, 0.3) is 5.91 Å². The fraction of sp³-hybridized carbons (Fsp3) is 0.235. The van der Waals surface area contributed by atoms with Crippen LogP contribution in [-0.4, -0.2) is 16.8 Å². The van der Waals surface area contributed by atoms with E-state index in [4.69, 9.17) is 0 Å². The van der Waals surface area contributed by atoms with Gasteiger partial charge < -0.3 is 10.6 Å². The van der Waals surface area contributed by atoms with Crippen LogP contribution >= 0.6 is 0 Å². The van der Waals surface area contributed by atoms with E-state index < -0.39 is 0 Å². The normalized spacial score (nSPS) is 14.7. The third-order valence-electron chi connectivity index (χ3n) is 3.82. The van der Waals surface area contributed by atoms with Crippen LogP contribution in [0, 0.1) is 0 Å². The zero-order valence-electron chi connectivity index (χ0n) is 12.3. The van der Waals surface area contributed by atoms with Crippen LogP contribution in [0.15, 0.2) is 42.7 Å². The number of pyridine rings is 1. The van der Waals surface area contributed by atoms with Crippen LogP contribution in [0.2, 0.25) is 0 Å². The average molecular weight is 295 g/mol. The number of hydrogen-bond acceptors (Lipinski definition) is 3. The van der Waals surface area contributed by atoms with Crippen LogP contribution in [0.25, 0.3) is 0 Å². The van der Waals surface area contributed by atoms with Gasteiger partial charge in [-0.15, -0.1) is 0 Å². The Morgan fingerprint density at radius 3 is 2.77 bits per heavy atom. The van der Waals surface area contributed by atoms with E-state index in [1.807, 2.05) is 25.1 Å². The quantitative estimate of drug-likeness (QED) is 0.913. The number of nitrogens with one attached hydrogen (secondary N) is 2. The molecule has 112 valence electrons. The molecule has 0 saturated carbocycles. The lowest BCUT2D eigenvalue weighted by Gasteiger charge is -2.18. The van der Waals surface area contributed by atoms with Crippen molar-refractivity contribution in [1.82, 2.24) is 10.3 Å². The molecule has 5 heteroatoms. The van der Waals surface area contributed by atoms with E-state index in [1.54, 1.807) is 24.5 Å². The Bertz CT molecular complexity index is 713. The molecule has 1 aromatic carbocycles. The number of aromatic nitrogens is 1. The Kier molecular flexibility index (Phi) is 3.87. The first-order valence-corrected chi connectivity index (χ1v) is 7.27. The molecule has 0 spiro atoms. The van der Waals surface area contributed by atoms with Gasteiger partial charge in [0.1, 0.15) is 0 Å². The standard InChI is InChI=1S/C17H17N3O2/c1-11(12-6-8-18-9-7-12)19-17(22)14-2-4-15-13(10-14)3-5-16(21)20-15/h2,4,6-11H,3,5H2,1H3,(H,19,22)(H,20,21). The number of fused-ring (bicyclic) bond motifs is 1. The average Bonchev–Trinajstić information content (AvgIpc) is 2.55. The Labute approximate surface area is 128 Å². The van der Waals surface area contributed by atoms with Gasteiger partial charge in [-0.3, -0.25) is 14.6 Å². The molecule has 0 radical (unpaired) electrons. The van der Waals surface area contributed by atoms with E-state index >= 15 is 0 Å². The third kappa shape index (κ3) is 2.98. The van der Waals surface area contributed by atoms with E-state index in [0.29, 0.717) is 18.4 Å². The van der Waals surface area contributed by atoms with Crippen LogP contribution in [0.5, 0.6) is 0 Å². The van der Waals surface area contributed by atoms with Gasteiger partial charge in [-0.25, -0.2) is 0 Å². The number of rotatable bonds is 3. The van der Waals surface area contributed by atoms with E-state index in [0.717, 1.165) is 16.8 Å². The second-order valence-corrected chi connectivity index (χ2v) is 5.40. The molecule has 5 nitrogen and oxygen atoms in total. The number of carbonyl (C=O) groups is 2. The Balaban J connectivity index is 1.74. The van der Waals surface area contributed by atoms with Gasteiger partial charge in [-0.1, -0.05) is 0 Å². The Morgan fingerprint density at radius 1 is 1.23 bits per heavy atom. The summed E-state index contributed by atoms with van der Waals surface area (Å²) in [7, 11) is 0. The van der Waals surface area contributed by atoms with Gasteiger partial charge in [0, 0.05) is 30.1 Å². The van der Waals surface area contributed by atoms with E-state index in [2.05, 4.69) is 15.6 Å². The lowest BCUT2D eigenvalue weighted by Crippen LogP contribution is -2.27. The van der Waals surface area contributed by atoms with Crippen molar-refractivity contribution in [3.63, 3.8) is 0 Å². The van der Waals surface area contributed by atoms with Crippen molar-refractivity contribution < 1.29 is 9.59 Å². The summed E-state index contributed by atoms with van der Waals surface area (Å²) < 4.78 is 0. The van der Waals surface area contributed by atoms with Crippen molar-refractivity contribution in [2.45, 2.75) is 25.8 Å². The maximum atomic E-state index is 12.4. The SMILES string of the molecule is CC(NC(=O)c1ccc2c(c1)CCC(=O)N2)c1ccncc1. The van der Waals surface area contributed by atoms with Gasteiger partial charge >= 0.3 is 0 Å². The Morgan fingerprint density at radius 2 is 2.00 bits per heavy atom. The van der Waals surface area contributed by atoms with Gasteiger partial charge in [0.05, 0.1) is 6.04 Å². The first kappa shape index (κ1) is 14.3. The minimum absolute atomic E-state index is 0.0241. The molecule has 0 aliphatic carbocycles. The first-order valence-electron chi connectivity index (χ1n) is 7.27. The highest BCUT2D eigenvalue weighted by Crippen LogP contribution is 2.24. The molecule has 0 bridgehead atoms. The monoisotopic (exact) mass is 295 g/mol. The van der Waals surface area contributed by atoms with E-state index in [-0.39, 0.29) is 17.9 Å². The van der Waals surface area contributed by atoms with Crippen molar-refractivity contribution in [2.24, 2.45) is 0 Å². The predicted molar refractivity (Wildman–Crippen MR) is 83.5 cm³/mol. The Hall–Kier alpha value is -2.69. The second kappa shape index (κ2) is 5.97. The summed E-state index contributed by atoms with van der Waals surface area (Å²) >= 11 is 0. The minimum atomic E-state index is -0.121. The molecule has 1 aliphatic rings. The number of nitrogens with zero attached hydrogens (tertiary/aromatic N) is 1. The van der Waals surface area contributed by atoms with E-state index in [9.17, 15) is 9.59 Å². The molecule has 0 saturated heterocycles. The summed E-state index contributed by atoms with van der Waals surface area (Å²) in [6, 6.07) is 9.05. The fourth-order valence-corrected chi connectivity index (χ4v) is 2.54. The van der Waals surface area contributed by atoms with Crippen LogP contribution < -0.4 is 10.6 Å². The molecule has 1 unspecified atom stereocenters. The molecule has 0 fully saturated rings. The van der Waals surface area contributed by atoms with E-state index in [1.165, 1.54) is 0 Å². The summed E-state index contributed by atoms with van der Waals surface area (Å²) in [6.07, 6.45) is 4.55. The molecule has 2 N–H and O–H groups in total. The number of aryl methyl sites for hydroxylation is 1. The topological polar surface area (TPSA) is 71.1 Å². The number of hydrogen-bond donors (Lipinski definition) is 2. The summed E-state index contributed by atoms with van der Waals surface area (Å²) in [5.41, 5.74) is 3.42. The van der Waals surface area contributed by atoms with Crippen molar-refractivity contribution in [3.05, 3.63) is 59.4 Å².